The number of carbonyl (C=O) groups is 1. The number of nitrogens with one attached hydrogen (secondary N) is 1. The van der Waals surface area contributed by atoms with Gasteiger partial charge in [-0.15, -0.1) is 0 Å². The Labute approximate surface area is 102 Å². The van der Waals surface area contributed by atoms with E-state index in [0.29, 0.717) is 12.3 Å². The zero-order valence-electron chi connectivity index (χ0n) is 10.4. The summed E-state index contributed by atoms with van der Waals surface area (Å²) in [6.45, 7) is 4.42. The minimum Gasteiger partial charge on any atom is -0.450 e. The van der Waals surface area contributed by atoms with E-state index in [4.69, 9.17) is 10.5 Å². The fourth-order valence-electron chi connectivity index (χ4n) is 1.44. The number of rotatable bonds is 5. The van der Waals surface area contributed by atoms with Gasteiger partial charge in [-0.25, -0.2) is 4.79 Å². The average Bonchev–Trinajstić information content (AvgIpc) is 2.29. The van der Waals surface area contributed by atoms with Crippen LogP contribution in [0.3, 0.4) is 0 Å². The zero-order valence-corrected chi connectivity index (χ0v) is 10.4. The van der Waals surface area contributed by atoms with Gasteiger partial charge >= 0.3 is 6.09 Å². The molecule has 1 rings (SSSR count). The van der Waals surface area contributed by atoms with Crippen LogP contribution >= 0.6 is 0 Å². The molecule has 0 fully saturated rings. The minimum absolute atomic E-state index is 0.104. The number of alkyl carbamates (subject to hydrolysis) is 1. The van der Waals surface area contributed by atoms with Crippen molar-refractivity contribution < 1.29 is 9.53 Å². The van der Waals surface area contributed by atoms with Crippen LogP contribution in [0.1, 0.15) is 38.3 Å². The highest BCUT2D eigenvalue weighted by molar-refractivity contribution is 5.67. The van der Waals surface area contributed by atoms with Crippen LogP contribution in [0.15, 0.2) is 24.3 Å². The van der Waals surface area contributed by atoms with Crippen molar-refractivity contribution in [3.05, 3.63) is 29.8 Å². The van der Waals surface area contributed by atoms with Crippen molar-refractivity contribution in [1.82, 2.24) is 5.32 Å². The second-order valence-corrected chi connectivity index (χ2v) is 4.03. The van der Waals surface area contributed by atoms with E-state index in [0.717, 1.165) is 18.4 Å². The highest BCUT2D eigenvalue weighted by Crippen LogP contribution is 2.15. The van der Waals surface area contributed by atoms with Gasteiger partial charge in [0.2, 0.25) is 0 Å². The van der Waals surface area contributed by atoms with Crippen molar-refractivity contribution in [2.75, 3.05) is 12.3 Å². The Morgan fingerprint density at radius 1 is 1.53 bits per heavy atom. The van der Waals surface area contributed by atoms with Gasteiger partial charge in [-0.05, 0) is 31.0 Å². The first-order valence-electron chi connectivity index (χ1n) is 5.92. The lowest BCUT2D eigenvalue weighted by Gasteiger charge is -2.14. The summed E-state index contributed by atoms with van der Waals surface area (Å²) in [7, 11) is 0. The van der Waals surface area contributed by atoms with Crippen LogP contribution in [-0.4, -0.2) is 12.7 Å². The minimum atomic E-state index is -0.381. The molecule has 1 atom stereocenters. The van der Waals surface area contributed by atoms with E-state index in [-0.39, 0.29) is 12.1 Å². The molecule has 17 heavy (non-hydrogen) atoms. The largest absolute Gasteiger partial charge is 0.450 e. The number of carbonyl (C=O) groups excluding carboxylic acids is 1. The molecule has 94 valence electrons. The van der Waals surface area contributed by atoms with Crippen molar-refractivity contribution in [1.29, 1.82) is 0 Å². The highest BCUT2D eigenvalue weighted by Gasteiger charge is 2.09. The fraction of sp³-hybridized carbons (Fsp3) is 0.462. The van der Waals surface area contributed by atoms with E-state index in [9.17, 15) is 4.79 Å². The van der Waals surface area contributed by atoms with Gasteiger partial charge < -0.3 is 15.8 Å². The predicted molar refractivity (Wildman–Crippen MR) is 68.7 cm³/mol. The highest BCUT2D eigenvalue weighted by atomic mass is 16.5. The molecule has 4 heteroatoms. The Hall–Kier alpha value is -1.71. The molecular formula is C13H20N2O2. The summed E-state index contributed by atoms with van der Waals surface area (Å²) in [4.78, 5) is 11.4. The van der Waals surface area contributed by atoms with Gasteiger partial charge in [0.1, 0.15) is 0 Å². The summed E-state index contributed by atoms with van der Waals surface area (Å²) in [5.41, 5.74) is 7.34. The number of hydrogen-bond donors (Lipinski definition) is 2. The molecule has 1 amide bonds. The van der Waals surface area contributed by atoms with Crippen LogP contribution in [-0.2, 0) is 4.74 Å². The molecule has 0 bridgehead atoms. The molecule has 0 radical (unpaired) electrons. The zero-order chi connectivity index (χ0) is 12.7. The van der Waals surface area contributed by atoms with Crippen molar-refractivity contribution in [2.45, 2.75) is 32.7 Å². The second-order valence-electron chi connectivity index (χ2n) is 4.03. The van der Waals surface area contributed by atoms with Crippen molar-refractivity contribution in [3.63, 3.8) is 0 Å². The van der Waals surface area contributed by atoms with Gasteiger partial charge in [0.15, 0.2) is 0 Å². The number of nitrogen functional groups attached to an aromatic ring is 1. The Balaban J connectivity index is 2.43. The lowest BCUT2D eigenvalue weighted by Crippen LogP contribution is -2.27. The fourth-order valence-corrected chi connectivity index (χ4v) is 1.44. The van der Waals surface area contributed by atoms with Gasteiger partial charge in [0.25, 0.3) is 0 Å². The lowest BCUT2D eigenvalue weighted by molar-refractivity contribution is 0.141. The van der Waals surface area contributed by atoms with E-state index in [1.54, 1.807) is 0 Å². The topological polar surface area (TPSA) is 64.3 Å². The molecule has 0 saturated heterocycles. The summed E-state index contributed by atoms with van der Waals surface area (Å²) >= 11 is 0. The number of amides is 1. The third kappa shape index (κ3) is 4.76. The number of nitrogens with two attached hydrogens (primary N) is 1. The first kappa shape index (κ1) is 13.4. The van der Waals surface area contributed by atoms with Crippen molar-refractivity contribution in [3.8, 4) is 0 Å². The average molecular weight is 236 g/mol. The van der Waals surface area contributed by atoms with Gasteiger partial charge in [0, 0.05) is 5.69 Å². The van der Waals surface area contributed by atoms with Crippen molar-refractivity contribution >= 4 is 11.8 Å². The Kier molecular flexibility index (Phi) is 5.33. The molecule has 0 aliphatic carbocycles. The maximum Gasteiger partial charge on any atom is 0.407 e. The lowest BCUT2D eigenvalue weighted by atomic mass is 10.1. The molecule has 0 spiro atoms. The van der Waals surface area contributed by atoms with Crippen molar-refractivity contribution in [2.24, 2.45) is 0 Å². The number of hydrogen-bond acceptors (Lipinski definition) is 3. The van der Waals surface area contributed by atoms with Gasteiger partial charge in [-0.3, -0.25) is 0 Å². The first-order valence-corrected chi connectivity index (χ1v) is 5.92. The van der Waals surface area contributed by atoms with E-state index >= 15 is 0 Å². The summed E-state index contributed by atoms with van der Waals surface area (Å²) in [6, 6.07) is 7.35. The number of ether oxygens (including phenoxy) is 1. The van der Waals surface area contributed by atoms with E-state index < -0.39 is 0 Å². The van der Waals surface area contributed by atoms with Crippen LogP contribution < -0.4 is 11.1 Å². The van der Waals surface area contributed by atoms with Gasteiger partial charge in [-0.1, -0.05) is 25.5 Å². The number of anilines is 1. The number of benzene rings is 1. The number of unbranched alkanes of at least 4 members (excludes halogenated alkanes) is 1. The molecule has 0 saturated carbocycles. The quantitative estimate of drug-likeness (QED) is 0.610. The standard InChI is InChI=1S/C13H20N2O2/c1-3-4-8-17-13(16)15-10(2)11-6-5-7-12(14)9-11/h5-7,9-10H,3-4,8,14H2,1-2H3,(H,15,16). The van der Waals surface area contributed by atoms with Gasteiger partial charge in [0.05, 0.1) is 12.6 Å². The van der Waals surface area contributed by atoms with Gasteiger partial charge in [-0.2, -0.15) is 0 Å². The monoisotopic (exact) mass is 236 g/mol. The van der Waals surface area contributed by atoms with E-state index in [2.05, 4.69) is 12.2 Å². The predicted octanol–water partition coefficient (Wildman–Crippen LogP) is 2.86. The summed E-state index contributed by atoms with van der Waals surface area (Å²) < 4.78 is 5.02. The Morgan fingerprint density at radius 3 is 2.94 bits per heavy atom. The normalized spacial score (nSPS) is 11.9. The molecule has 4 nitrogen and oxygen atoms in total. The smallest absolute Gasteiger partial charge is 0.407 e. The summed E-state index contributed by atoms with van der Waals surface area (Å²) in [6.07, 6.45) is 1.52. The maximum absolute atomic E-state index is 11.4. The van der Waals surface area contributed by atoms with Crippen LogP contribution in [0.2, 0.25) is 0 Å². The Morgan fingerprint density at radius 2 is 2.29 bits per heavy atom. The molecule has 0 heterocycles. The molecule has 0 aliphatic heterocycles. The molecular weight excluding hydrogens is 216 g/mol. The Bertz CT molecular complexity index is 366. The van der Waals surface area contributed by atoms with Crippen LogP contribution in [0, 0.1) is 0 Å². The van der Waals surface area contributed by atoms with Crippen LogP contribution in [0.5, 0.6) is 0 Å². The molecule has 3 N–H and O–H groups in total. The first-order chi connectivity index (χ1) is 8.13. The third-order valence-corrected chi connectivity index (χ3v) is 2.48. The summed E-state index contributed by atoms with van der Waals surface area (Å²) in [5.74, 6) is 0. The molecule has 1 aromatic carbocycles. The molecule has 1 unspecified atom stereocenters. The van der Waals surface area contributed by atoms with E-state index in [1.165, 1.54) is 0 Å². The second kappa shape index (κ2) is 6.78. The van der Waals surface area contributed by atoms with Crippen LogP contribution in [0.25, 0.3) is 0 Å². The summed E-state index contributed by atoms with van der Waals surface area (Å²) in [5, 5.41) is 2.77. The molecule has 1 aromatic rings. The van der Waals surface area contributed by atoms with Crippen LogP contribution in [0.4, 0.5) is 10.5 Å². The van der Waals surface area contributed by atoms with E-state index in [1.807, 2.05) is 31.2 Å². The molecule has 0 aromatic heterocycles. The SMILES string of the molecule is CCCCOC(=O)NC(C)c1cccc(N)c1. The molecule has 0 aliphatic rings. The maximum atomic E-state index is 11.4. The third-order valence-electron chi connectivity index (χ3n) is 2.48.